The van der Waals surface area contributed by atoms with Gasteiger partial charge in [-0.3, -0.25) is 4.68 Å². The molecule has 0 aliphatic heterocycles. The second kappa shape index (κ2) is 2.57. The first-order chi connectivity index (χ1) is 4.99. The molecule has 0 fully saturated rings. The molecular formula is C8H15N3. The SMILES string of the molecule is Cn1nccc1NC(C)(C)C. The lowest BCUT2D eigenvalue weighted by Gasteiger charge is -2.21. The highest BCUT2D eigenvalue weighted by Crippen LogP contribution is 2.11. The van der Waals surface area contributed by atoms with Crippen LogP contribution < -0.4 is 5.32 Å². The summed E-state index contributed by atoms with van der Waals surface area (Å²) in [4.78, 5) is 0. The van der Waals surface area contributed by atoms with Gasteiger partial charge in [-0.05, 0) is 20.8 Å². The number of anilines is 1. The number of hydrogen-bond acceptors (Lipinski definition) is 2. The third-order valence-electron chi connectivity index (χ3n) is 1.32. The van der Waals surface area contributed by atoms with Gasteiger partial charge in [-0.25, -0.2) is 0 Å². The molecule has 0 aromatic carbocycles. The molecule has 3 heteroatoms. The molecule has 0 unspecified atom stereocenters. The van der Waals surface area contributed by atoms with Crippen LogP contribution in [-0.2, 0) is 7.05 Å². The van der Waals surface area contributed by atoms with E-state index >= 15 is 0 Å². The van der Waals surface area contributed by atoms with Crippen molar-refractivity contribution in [3.8, 4) is 0 Å². The van der Waals surface area contributed by atoms with Crippen LogP contribution in [0.4, 0.5) is 5.82 Å². The zero-order chi connectivity index (χ0) is 8.48. The molecule has 0 aliphatic carbocycles. The van der Waals surface area contributed by atoms with Crippen molar-refractivity contribution in [1.29, 1.82) is 0 Å². The molecule has 62 valence electrons. The standard InChI is InChI=1S/C8H15N3/c1-8(2,3)10-7-5-6-9-11(7)4/h5-6,10H,1-4H3. The highest BCUT2D eigenvalue weighted by Gasteiger charge is 2.10. The molecule has 0 atom stereocenters. The zero-order valence-corrected chi connectivity index (χ0v) is 7.55. The summed E-state index contributed by atoms with van der Waals surface area (Å²) < 4.78 is 1.82. The third-order valence-corrected chi connectivity index (χ3v) is 1.32. The van der Waals surface area contributed by atoms with Crippen LogP contribution >= 0.6 is 0 Å². The highest BCUT2D eigenvalue weighted by molar-refractivity contribution is 5.36. The average Bonchev–Trinajstić information content (AvgIpc) is 2.12. The van der Waals surface area contributed by atoms with Gasteiger partial charge in [0.05, 0.1) is 6.20 Å². The lowest BCUT2D eigenvalue weighted by Crippen LogP contribution is -2.27. The average molecular weight is 153 g/mol. The number of rotatable bonds is 1. The fourth-order valence-electron chi connectivity index (χ4n) is 0.881. The Hall–Kier alpha value is -0.990. The van der Waals surface area contributed by atoms with Crippen LogP contribution in [-0.4, -0.2) is 15.3 Å². The molecule has 1 aromatic heterocycles. The van der Waals surface area contributed by atoms with Crippen molar-refractivity contribution >= 4 is 5.82 Å². The highest BCUT2D eigenvalue weighted by atomic mass is 15.3. The molecule has 0 spiro atoms. The smallest absolute Gasteiger partial charge is 0.124 e. The Morgan fingerprint density at radius 1 is 1.45 bits per heavy atom. The molecule has 1 N–H and O–H groups in total. The van der Waals surface area contributed by atoms with Crippen LogP contribution in [0.15, 0.2) is 12.3 Å². The minimum absolute atomic E-state index is 0.105. The van der Waals surface area contributed by atoms with E-state index < -0.39 is 0 Å². The lowest BCUT2D eigenvalue weighted by atomic mass is 10.1. The van der Waals surface area contributed by atoms with Gasteiger partial charge in [-0.2, -0.15) is 5.10 Å². The van der Waals surface area contributed by atoms with Crippen LogP contribution in [0.3, 0.4) is 0 Å². The Morgan fingerprint density at radius 2 is 2.09 bits per heavy atom. The Balaban J connectivity index is 2.72. The van der Waals surface area contributed by atoms with Crippen molar-refractivity contribution in [3.63, 3.8) is 0 Å². The molecule has 1 rings (SSSR count). The lowest BCUT2D eigenvalue weighted by molar-refractivity contribution is 0.617. The molecule has 0 amide bonds. The van der Waals surface area contributed by atoms with Gasteiger partial charge in [0.15, 0.2) is 0 Å². The Kier molecular flexibility index (Phi) is 1.89. The molecule has 0 radical (unpaired) electrons. The number of aromatic nitrogens is 2. The van der Waals surface area contributed by atoms with Crippen LogP contribution in [0.2, 0.25) is 0 Å². The topological polar surface area (TPSA) is 29.9 Å². The first-order valence-electron chi connectivity index (χ1n) is 3.75. The first-order valence-corrected chi connectivity index (χ1v) is 3.75. The van der Waals surface area contributed by atoms with Crippen molar-refractivity contribution < 1.29 is 0 Å². The molecule has 0 saturated heterocycles. The number of nitrogens with one attached hydrogen (secondary N) is 1. The summed E-state index contributed by atoms with van der Waals surface area (Å²) >= 11 is 0. The number of hydrogen-bond donors (Lipinski definition) is 1. The normalized spacial score (nSPS) is 11.6. The van der Waals surface area contributed by atoms with Crippen LogP contribution in [0.1, 0.15) is 20.8 Å². The Bertz CT molecular complexity index is 232. The van der Waals surface area contributed by atoms with Gasteiger partial charge in [0.1, 0.15) is 5.82 Å². The van der Waals surface area contributed by atoms with Gasteiger partial charge in [-0.15, -0.1) is 0 Å². The van der Waals surface area contributed by atoms with Gasteiger partial charge >= 0.3 is 0 Å². The van der Waals surface area contributed by atoms with Gasteiger partial charge < -0.3 is 5.32 Å². The van der Waals surface area contributed by atoms with E-state index in [-0.39, 0.29) is 5.54 Å². The van der Waals surface area contributed by atoms with Gasteiger partial charge in [-0.1, -0.05) is 0 Å². The quantitative estimate of drug-likeness (QED) is 0.664. The fraction of sp³-hybridized carbons (Fsp3) is 0.625. The summed E-state index contributed by atoms with van der Waals surface area (Å²) in [6.07, 6.45) is 1.79. The summed E-state index contributed by atoms with van der Waals surface area (Å²) in [7, 11) is 1.92. The van der Waals surface area contributed by atoms with E-state index in [1.54, 1.807) is 6.20 Å². The molecule has 0 bridgehead atoms. The maximum Gasteiger partial charge on any atom is 0.124 e. The molecule has 0 saturated carbocycles. The molecule has 0 aliphatic rings. The summed E-state index contributed by atoms with van der Waals surface area (Å²) in [5.41, 5.74) is 0.105. The molecule has 11 heavy (non-hydrogen) atoms. The van der Waals surface area contributed by atoms with E-state index in [1.165, 1.54) is 0 Å². The number of aryl methyl sites for hydroxylation is 1. The molecule has 1 aromatic rings. The maximum atomic E-state index is 4.05. The predicted molar refractivity (Wildman–Crippen MR) is 46.6 cm³/mol. The largest absolute Gasteiger partial charge is 0.366 e. The zero-order valence-electron chi connectivity index (χ0n) is 7.55. The monoisotopic (exact) mass is 153 g/mol. The van der Waals surface area contributed by atoms with Gasteiger partial charge in [0.25, 0.3) is 0 Å². The molecular weight excluding hydrogens is 138 g/mol. The van der Waals surface area contributed by atoms with Crippen molar-refractivity contribution in [2.45, 2.75) is 26.3 Å². The van der Waals surface area contributed by atoms with Crippen LogP contribution in [0.5, 0.6) is 0 Å². The molecule has 1 heterocycles. The number of nitrogens with zero attached hydrogens (tertiary/aromatic N) is 2. The van der Waals surface area contributed by atoms with E-state index in [0.29, 0.717) is 0 Å². The fourth-order valence-corrected chi connectivity index (χ4v) is 0.881. The second-order valence-corrected chi connectivity index (χ2v) is 3.72. The van der Waals surface area contributed by atoms with Crippen molar-refractivity contribution in [2.75, 3.05) is 5.32 Å². The minimum atomic E-state index is 0.105. The van der Waals surface area contributed by atoms with E-state index in [1.807, 2.05) is 17.8 Å². The second-order valence-electron chi connectivity index (χ2n) is 3.72. The summed E-state index contributed by atoms with van der Waals surface area (Å²) in [6.45, 7) is 6.38. The Labute approximate surface area is 67.4 Å². The van der Waals surface area contributed by atoms with Crippen LogP contribution in [0, 0.1) is 0 Å². The molecule has 3 nitrogen and oxygen atoms in total. The van der Waals surface area contributed by atoms with Crippen LogP contribution in [0.25, 0.3) is 0 Å². The maximum absolute atomic E-state index is 4.05. The van der Waals surface area contributed by atoms with Crippen molar-refractivity contribution in [3.05, 3.63) is 12.3 Å². The van der Waals surface area contributed by atoms with E-state index in [9.17, 15) is 0 Å². The predicted octanol–water partition coefficient (Wildman–Crippen LogP) is 1.63. The summed E-state index contributed by atoms with van der Waals surface area (Å²) in [5, 5.41) is 7.38. The van der Waals surface area contributed by atoms with E-state index in [2.05, 4.69) is 31.2 Å². The van der Waals surface area contributed by atoms with E-state index in [4.69, 9.17) is 0 Å². The third kappa shape index (κ3) is 2.26. The first kappa shape index (κ1) is 8.11. The van der Waals surface area contributed by atoms with Crippen molar-refractivity contribution in [1.82, 2.24) is 9.78 Å². The van der Waals surface area contributed by atoms with Gasteiger partial charge in [0.2, 0.25) is 0 Å². The minimum Gasteiger partial charge on any atom is -0.366 e. The summed E-state index contributed by atoms with van der Waals surface area (Å²) in [6, 6.07) is 1.96. The van der Waals surface area contributed by atoms with E-state index in [0.717, 1.165) is 5.82 Å². The van der Waals surface area contributed by atoms with Gasteiger partial charge in [0, 0.05) is 18.7 Å². The van der Waals surface area contributed by atoms with Crippen molar-refractivity contribution in [2.24, 2.45) is 7.05 Å². The summed E-state index contributed by atoms with van der Waals surface area (Å²) in [5.74, 6) is 1.05. The Morgan fingerprint density at radius 3 is 2.45 bits per heavy atom.